The van der Waals surface area contributed by atoms with Crippen LogP contribution in [0.15, 0.2) is 12.1 Å². The first-order chi connectivity index (χ1) is 12.2. The molecule has 1 aromatic rings. The van der Waals surface area contributed by atoms with E-state index in [1.807, 2.05) is 12.1 Å². The average molecular weight is 348 g/mol. The Bertz CT molecular complexity index is 665. The number of hydrogen-bond donors (Lipinski definition) is 1. The summed E-state index contributed by atoms with van der Waals surface area (Å²) >= 11 is 0. The third-order valence-electron chi connectivity index (χ3n) is 5.03. The predicted octanol–water partition coefficient (Wildman–Crippen LogP) is 1.93. The minimum atomic E-state index is -0.395. The van der Waals surface area contributed by atoms with Gasteiger partial charge in [0.05, 0.1) is 26.9 Å². The molecule has 3 aliphatic heterocycles. The van der Waals surface area contributed by atoms with Gasteiger partial charge in [-0.25, -0.2) is 4.79 Å². The number of nitrogens with zero attached hydrogens (tertiary/aromatic N) is 1. The van der Waals surface area contributed by atoms with Gasteiger partial charge in [0.15, 0.2) is 11.5 Å². The van der Waals surface area contributed by atoms with Crippen molar-refractivity contribution in [2.75, 3.05) is 40.0 Å². The van der Waals surface area contributed by atoms with E-state index in [4.69, 9.17) is 18.9 Å². The summed E-state index contributed by atoms with van der Waals surface area (Å²) in [7, 11) is 1.67. The number of hydrogen-bond acceptors (Lipinski definition) is 6. The summed E-state index contributed by atoms with van der Waals surface area (Å²) in [6.45, 7) is 4.32. The molecular weight excluding hydrogens is 324 g/mol. The maximum atomic E-state index is 11.5. The number of ether oxygens (including phenoxy) is 4. The second-order valence-electron chi connectivity index (χ2n) is 6.90. The number of benzene rings is 1. The highest BCUT2D eigenvalue weighted by atomic mass is 16.6. The molecule has 0 radical (unpaired) electrons. The number of methoxy groups -OCH3 is 1. The Labute approximate surface area is 147 Å². The zero-order valence-electron chi connectivity index (χ0n) is 14.5. The molecule has 4 rings (SSSR count). The van der Waals surface area contributed by atoms with Crippen molar-refractivity contribution in [1.82, 2.24) is 10.2 Å². The van der Waals surface area contributed by atoms with Crippen LogP contribution in [0, 0.1) is 0 Å². The molecule has 3 aliphatic rings. The minimum Gasteiger partial charge on any atom is -0.496 e. The van der Waals surface area contributed by atoms with Gasteiger partial charge in [0.2, 0.25) is 0 Å². The maximum Gasteiger partial charge on any atom is 0.407 e. The lowest BCUT2D eigenvalue weighted by molar-refractivity contribution is -0.0112. The van der Waals surface area contributed by atoms with E-state index in [2.05, 4.69) is 10.2 Å². The molecule has 1 aromatic carbocycles. The lowest BCUT2D eigenvalue weighted by Crippen LogP contribution is -2.50. The minimum absolute atomic E-state index is 0.310. The number of rotatable bonds is 3. The summed E-state index contributed by atoms with van der Waals surface area (Å²) in [5.41, 5.74) is 0.662. The Morgan fingerprint density at radius 2 is 2.04 bits per heavy atom. The van der Waals surface area contributed by atoms with Crippen molar-refractivity contribution in [1.29, 1.82) is 0 Å². The van der Waals surface area contributed by atoms with Gasteiger partial charge >= 0.3 is 6.09 Å². The van der Waals surface area contributed by atoms with Crippen LogP contribution in [0.25, 0.3) is 0 Å². The Kier molecular flexibility index (Phi) is 4.33. The number of carbonyl (C=O) groups excluding carboxylic acids is 1. The van der Waals surface area contributed by atoms with Crippen molar-refractivity contribution in [2.24, 2.45) is 0 Å². The molecule has 1 N–H and O–H groups in total. The Balaban J connectivity index is 1.53. The summed E-state index contributed by atoms with van der Waals surface area (Å²) < 4.78 is 22.7. The van der Waals surface area contributed by atoms with E-state index in [-0.39, 0.29) is 6.09 Å². The average Bonchev–Trinajstić information content (AvgIpc) is 2.82. The number of piperidine rings is 1. The first kappa shape index (κ1) is 16.3. The van der Waals surface area contributed by atoms with Gasteiger partial charge < -0.3 is 24.3 Å². The fourth-order valence-corrected chi connectivity index (χ4v) is 3.84. The molecule has 1 amide bonds. The van der Waals surface area contributed by atoms with Crippen molar-refractivity contribution in [3.8, 4) is 17.2 Å². The summed E-state index contributed by atoms with van der Waals surface area (Å²) in [5, 5.41) is 2.79. The normalized spacial score (nSPS) is 26.0. The number of nitrogens with one attached hydrogen (secondary N) is 1. The molecule has 136 valence electrons. The molecule has 0 saturated carbocycles. The van der Waals surface area contributed by atoms with E-state index < -0.39 is 5.60 Å². The molecule has 0 aliphatic carbocycles. The van der Waals surface area contributed by atoms with E-state index in [0.717, 1.165) is 61.7 Å². The van der Waals surface area contributed by atoms with Gasteiger partial charge in [0, 0.05) is 31.1 Å². The van der Waals surface area contributed by atoms with Crippen LogP contribution in [-0.2, 0) is 11.3 Å². The zero-order valence-corrected chi connectivity index (χ0v) is 14.5. The first-order valence-corrected chi connectivity index (χ1v) is 8.83. The fourth-order valence-electron chi connectivity index (χ4n) is 3.84. The Morgan fingerprint density at radius 1 is 1.24 bits per heavy atom. The van der Waals surface area contributed by atoms with Crippen molar-refractivity contribution < 1.29 is 23.7 Å². The van der Waals surface area contributed by atoms with Gasteiger partial charge in [-0.05, 0) is 25.5 Å². The molecule has 1 spiro atoms. The monoisotopic (exact) mass is 348 g/mol. The van der Waals surface area contributed by atoms with Crippen molar-refractivity contribution in [3.63, 3.8) is 0 Å². The smallest absolute Gasteiger partial charge is 0.407 e. The van der Waals surface area contributed by atoms with Gasteiger partial charge in [-0.2, -0.15) is 0 Å². The van der Waals surface area contributed by atoms with Crippen LogP contribution in [0.1, 0.15) is 24.8 Å². The molecule has 3 heterocycles. The molecular formula is C18H24N2O5. The highest BCUT2D eigenvalue weighted by Crippen LogP contribution is 2.38. The lowest BCUT2D eigenvalue weighted by Gasteiger charge is -2.38. The van der Waals surface area contributed by atoms with Crippen LogP contribution in [0.3, 0.4) is 0 Å². The zero-order chi connectivity index (χ0) is 17.3. The molecule has 1 atom stereocenters. The summed E-state index contributed by atoms with van der Waals surface area (Å²) in [4.78, 5) is 13.8. The summed E-state index contributed by atoms with van der Waals surface area (Å²) in [5.74, 6) is 2.31. The number of alkyl carbamates (subject to hydrolysis) is 1. The van der Waals surface area contributed by atoms with Gasteiger partial charge in [-0.1, -0.05) is 0 Å². The quantitative estimate of drug-likeness (QED) is 0.900. The highest BCUT2D eigenvalue weighted by Gasteiger charge is 2.43. The molecule has 0 bridgehead atoms. The van der Waals surface area contributed by atoms with Crippen LogP contribution in [0.4, 0.5) is 4.79 Å². The van der Waals surface area contributed by atoms with Crippen LogP contribution >= 0.6 is 0 Å². The van der Waals surface area contributed by atoms with Gasteiger partial charge in [-0.3, -0.25) is 4.90 Å². The highest BCUT2D eigenvalue weighted by molar-refractivity contribution is 5.70. The first-order valence-electron chi connectivity index (χ1n) is 8.83. The second kappa shape index (κ2) is 6.63. The third kappa shape index (κ3) is 3.33. The van der Waals surface area contributed by atoms with E-state index in [9.17, 15) is 4.79 Å². The number of amides is 1. The number of likely N-dealkylation sites (tertiary alicyclic amines) is 1. The summed E-state index contributed by atoms with van der Waals surface area (Å²) in [6, 6.07) is 3.92. The topological polar surface area (TPSA) is 69.3 Å². The molecule has 7 nitrogen and oxygen atoms in total. The number of fused-ring (bicyclic) bond motifs is 1. The van der Waals surface area contributed by atoms with Gasteiger partial charge in [0.25, 0.3) is 0 Å². The molecule has 2 fully saturated rings. The van der Waals surface area contributed by atoms with Gasteiger partial charge in [-0.15, -0.1) is 0 Å². The standard InChI is InChI=1S/C18H24N2O5/c1-22-14-9-16-15(23-6-3-7-24-16)8-13(14)10-20-5-2-4-18(12-20)11-19-17(21)25-18/h8-9H,2-7,10-12H2,1H3,(H,19,21). The third-order valence-corrected chi connectivity index (χ3v) is 5.03. The fraction of sp³-hybridized carbons (Fsp3) is 0.611. The van der Waals surface area contributed by atoms with E-state index >= 15 is 0 Å². The lowest BCUT2D eigenvalue weighted by atomic mass is 9.92. The molecule has 2 saturated heterocycles. The van der Waals surface area contributed by atoms with Crippen molar-refractivity contribution >= 4 is 6.09 Å². The predicted molar refractivity (Wildman–Crippen MR) is 90.3 cm³/mol. The summed E-state index contributed by atoms with van der Waals surface area (Å²) in [6.07, 6.45) is 2.47. The van der Waals surface area contributed by atoms with E-state index in [1.54, 1.807) is 7.11 Å². The molecule has 7 heteroatoms. The van der Waals surface area contributed by atoms with Crippen LogP contribution in [0.5, 0.6) is 17.2 Å². The Morgan fingerprint density at radius 3 is 2.76 bits per heavy atom. The maximum absolute atomic E-state index is 11.5. The SMILES string of the molecule is COc1cc2c(cc1CN1CCCC3(CNC(=O)O3)C1)OCCCO2. The Hall–Kier alpha value is -2.15. The van der Waals surface area contributed by atoms with Crippen LogP contribution in [-0.4, -0.2) is 56.6 Å². The van der Waals surface area contributed by atoms with Crippen LogP contribution < -0.4 is 19.5 Å². The number of carbonyl (C=O) groups is 1. The largest absolute Gasteiger partial charge is 0.496 e. The van der Waals surface area contributed by atoms with E-state index in [0.29, 0.717) is 19.8 Å². The molecule has 25 heavy (non-hydrogen) atoms. The molecule has 1 unspecified atom stereocenters. The van der Waals surface area contributed by atoms with Gasteiger partial charge in [0.1, 0.15) is 11.4 Å². The van der Waals surface area contributed by atoms with Crippen LogP contribution in [0.2, 0.25) is 0 Å². The molecule has 0 aromatic heterocycles. The van der Waals surface area contributed by atoms with Crippen molar-refractivity contribution in [3.05, 3.63) is 17.7 Å². The second-order valence-corrected chi connectivity index (χ2v) is 6.90. The van der Waals surface area contributed by atoms with Crippen molar-refractivity contribution in [2.45, 2.75) is 31.4 Å². The van der Waals surface area contributed by atoms with E-state index in [1.165, 1.54) is 0 Å².